The molecule has 7 N–H and O–H groups in total. The number of rotatable bonds is 22. The van der Waals surface area contributed by atoms with Crippen LogP contribution < -0.4 is 46.5 Å². The van der Waals surface area contributed by atoms with E-state index < -0.39 is 66.1 Å². The first kappa shape index (κ1) is 49.3. The third kappa shape index (κ3) is 14.4. The van der Waals surface area contributed by atoms with Crippen LogP contribution in [0.2, 0.25) is 0 Å². The maximum atomic E-state index is 13.6. The molecule has 0 radical (unpaired) electrons. The molecule has 5 aromatic carbocycles. The maximum Gasteiger partial charge on any atom is 0.338 e. The molecule has 0 aliphatic carbocycles. The van der Waals surface area contributed by atoms with Gasteiger partial charge < -0.3 is 51.3 Å². The average molecular weight is 911 g/mol. The van der Waals surface area contributed by atoms with E-state index in [0.717, 1.165) is 0 Å². The van der Waals surface area contributed by atoms with Crippen LogP contribution in [0.3, 0.4) is 0 Å². The predicted octanol–water partition coefficient (Wildman–Crippen LogP) is 6.90. The first-order valence-electron chi connectivity index (χ1n) is 20.9. The second-order valence-electron chi connectivity index (χ2n) is 14.9. The van der Waals surface area contributed by atoms with Gasteiger partial charge in [0.1, 0.15) is 25.0 Å². The number of amides is 6. The molecule has 0 bridgehead atoms. The van der Waals surface area contributed by atoms with Gasteiger partial charge in [0, 0.05) is 28.2 Å². The molecule has 346 valence electrons. The Balaban J connectivity index is 1.24. The number of benzene rings is 5. The van der Waals surface area contributed by atoms with Gasteiger partial charge in [-0.15, -0.1) is 0 Å². The van der Waals surface area contributed by atoms with Crippen molar-refractivity contribution in [1.29, 1.82) is 0 Å². The fourth-order valence-electron chi connectivity index (χ4n) is 6.07. The van der Waals surface area contributed by atoms with Gasteiger partial charge in [-0.1, -0.05) is 43.5 Å². The summed E-state index contributed by atoms with van der Waals surface area (Å²) in [4.78, 5) is 90.6. The number of ether oxygens (including phenoxy) is 4. The lowest BCUT2D eigenvalue weighted by Gasteiger charge is -2.21. The van der Waals surface area contributed by atoms with Crippen molar-refractivity contribution in [2.24, 2.45) is 5.73 Å². The number of nitrogens with one attached hydrogen (secondary N) is 5. The lowest BCUT2D eigenvalue weighted by Crippen LogP contribution is -2.46. The zero-order valence-corrected chi connectivity index (χ0v) is 37.0. The van der Waals surface area contributed by atoms with E-state index in [1.54, 1.807) is 57.2 Å². The van der Waals surface area contributed by atoms with Gasteiger partial charge >= 0.3 is 5.97 Å². The third-order valence-electron chi connectivity index (χ3n) is 9.30. The van der Waals surface area contributed by atoms with Crippen LogP contribution in [0, 0.1) is 0 Å². The quantitative estimate of drug-likeness (QED) is 0.0308. The number of hydrogen-bond donors (Lipinski definition) is 6. The largest absolute Gasteiger partial charge is 0.485 e. The summed E-state index contributed by atoms with van der Waals surface area (Å²) in [5.74, 6) is -3.76. The maximum absolute atomic E-state index is 13.6. The van der Waals surface area contributed by atoms with Crippen LogP contribution in [0.25, 0.3) is 0 Å². The zero-order chi connectivity index (χ0) is 48.5. The van der Waals surface area contributed by atoms with Crippen molar-refractivity contribution >= 4 is 64.2 Å². The molecule has 0 aliphatic rings. The lowest BCUT2D eigenvalue weighted by atomic mass is 10.1. The highest BCUT2D eigenvalue weighted by atomic mass is 16.5. The van der Waals surface area contributed by atoms with E-state index in [9.17, 15) is 33.6 Å². The Morgan fingerprint density at radius 3 is 1.70 bits per heavy atom. The Hall–Kier alpha value is -8.73. The number of primary amides is 1. The summed E-state index contributed by atoms with van der Waals surface area (Å²) < 4.78 is 22.7. The number of para-hydroxylation sites is 1. The molecule has 0 heterocycles. The minimum atomic E-state index is -1.37. The summed E-state index contributed by atoms with van der Waals surface area (Å²) in [6.45, 7) is 12.4. The van der Waals surface area contributed by atoms with E-state index >= 15 is 0 Å². The van der Waals surface area contributed by atoms with Gasteiger partial charge in [0.25, 0.3) is 23.6 Å². The van der Waals surface area contributed by atoms with Crippen molar-refractivity contribution in [1.82, 2.24) is 5.32 Å². The molecule has 5 aromatic rings. The van der Waals surface area contributed by atoms with E-state index in [-0.39, 0.29) is 58.3 Å². The van der Waals surface area contributed by atoms with Gasteiger partial charge in [-0.25, -0.2) is 4.79 Å². The molecule has 2 atom stereocenters. The van der Waals surface area contributed by atoms with Crippen LogP contribution in [0.1, 0.15) is 68.6 Å². The summed E-state index contributed by atoms with van der Waals surface area (Å²) in [5.41, 5.74) is 7.27. The lowest BCUT2D eigenvalue weighted by molar-refractivity contribution is -0.123. The first-order valence-corrected chi connectivity index (χ1v) is 20.9. The van der Waals surface area contributed by atoms with Crippen molar-refractivity contribution in [3.63, 3.8) is 0 Å². The smallest absolute Gasteiger partial charge is 0.338 e. The van der Waals surface area contributed by atoms with Crippen LogP contribution in [0.5, 0.6) is 17.2 Å². The Labute approximate surface area is 386 Å². The molecule has 6 amide bonds. The molecule has 67 heavy (non-hydrogen) atoms. The molecular formula is C50H50N6O11. The number of anilines is 4. The first-order chi connectivity index (χ1) is 32.1. The van der Waals surface area contributed by atoms with E-state index in [0.29, 0.717) is 17.1 Å². The molecule has 17 nitrogen and oxygen atoms in total. The van der Waals surface area contributed by atoms with E-state index in [2.05, 4.69) is 39.7 Å². The van der Waals surface area contributed by atoms with Crippen LogP contribution >= 0.6 is 0 Å². The molecule has 1 unspecified atom stereocenters. The van der Waals surface area contributed by atoms with Gasteiger partial charge in [-0.05, 0) is 118 Å². The molecule has 0 aromatic heterocycles. The fraction of sp³-hybridized carbons (Fsp3) is 0.180. The number of esters is 1. The molecule has 5 rings (SSSR count). The summed E-state index contributed by atoms with van der Waals surface area (Å²) in [6, 6.07) is 28.2. The Morgan fingerprint density at radius 2 is 1.13 bits per heavy atom. The van der Waals surface area contributed by atoms with Crippen molar-refractivity contribution in [2.45, 2.75) is 45.4 Å². The summed E-state index contributed by atoms with van der Waals surface area (Å²) in [7, 11) is 0. The molecule has 0 fully saturated rings. The van der Waals surface area contributed by atoms with Gasteiger partial charge in [0.15, 0.2) is 17.6 Å². The normalized spacial score (nSPS) is 11.4. The second kappa shape index (κ2) is 23.8. The highest BCUT2D eigenvalue weighted by Crippen LogP contribution is 2.40. The van der Waals surface area contributed by atoms with E-state index in [1.165, 1.54) is 84.9 Å². The highest BCUT2D eigenvalue weighted by molar-refractivity contribution is 6.10. The Bertz CT molecular complexity index is 2600. The van der Waals surface area contributed by atoms with E-state index in [1.807, 2.05) is 6.07 Å². The van der Waals surface area contributed by atoms with E-state index in [4.69, 9.17) is 24.7 Å². The van der Waals surface area contributed by atoms with Gasteiger partial charge in [-0.3, -0.25) is 28.8 Å². The van der Waals surface area contributed by atoms with Crippen molar-refractivity contribution in [3.8, 4) is 17.2 Å². The summed E-state index contributed by atoms with van der Waals surface area (Å²) in [6.07, 6.45) is 1.18. The average Bonchev–Trinajstić information content (AvgIpc) is 3.31. The van der Waals surface area contributed by atoms with Crippen molar-refractivity contribution in [2.75, 3.05) is 34.5 Å². The topological polar surface area (TPSA) is 243 Å². The Kier molecular flexibility index (Phi) is 17.5. The summed E-state index contributed by atoms with van der Waals surface area (Å²) >= 11 is 0. The monoisotopic (exact) mass is 910 g/mol. The van der Waals surface area contributed by atoms with Crippen LogP contribution in [-0.2, 0) is 19.1 Å². The second-order valence-corrected chi connectivity index (χ2v) is 14.9. The summed E-state index contributed by atoms with van der Waals surface area (Å²) in [5, 5.41) is 13.4. The molecule has 0 spiro atoms. The van der Waals surface area contributed by atoms with Crippen LogP contribution in [-0.4, -0.2) is 72.9 Å². The number of nitrogens with two attached hydrogens (primary N) is 1. The molecule has 17 heteroatoms. The number of carbonyl (C=O) groups excluding carboxylic acids is 7. The molecule has 0 saturated carbocycles. The standard InChI is InChI=1S/C50H50N6O11/c1-6-27-64-43-39(48(61)53-36-23-17-34(18-24-36)50(63)65-28-7-2)25-26-40(44(43)66-30(3)4)55-46(59)32-15-21-37(22-16-32)54-49(62)41(29-42(51)57)56-47(60)33-13-19-35(20-14-33)52-45(58)31(5)67-38-11-9-8-10-12-38/h6-26,30-31,41H,1-2,27-29H2,3-5H3,(H2,51,57)(H,52,58)(H,53,61)(H,54,62)(H,55,59)(H,56,60)/t31?,41-/m0/s1. The predicted molar refractivity (Wildman–Crippen MR) is 252 cm³/mol. The minimum Gasteiger partial charge on any atom is -0.485 e. The van der Waals surface area contributed by atoms with Crippen LogP contribution in [0.15, 0.2) is 141 Å². The molecule has 0 saturated heterocycles. The fourth-order valence-corrected chi connectivity index (χ4v) is 6.07. The van der Waals surface area contributed by atoms with Gasteiger partial charge in [0.05, 0.1) is 29.3 Å². The zero-order valence-electron chi connectivity index (χ0n) is 37.0. The molecular weight excluding hydrogens is 861 g/mol. The van der Waals surface area contributed by atoms with Crippen molar-refractivity contribution < 1.29 is 52.5 Å². The number of carbonyl (C=O) groups is 7. The highest BCUT2D eigenvalue weighted by Gasteiger charge is 2.26. The third-order valence-corrected chi connectivity index (χ3v) is 9.30. The van der Waals surface area contributed by atoms with Crippen molar-refractivity contribution in [3.05, 3.63) is 163 Å². The number of hydrogen-bond acceptors (Lipinski definition) is 11. The van der Waals surface area contributed by atoms with Gasteiger partial charge in [0.2, 0.25) is 11.8 Å². The van der Waals surface area contributed by atoms with Crippen LogP contribution in [0.4, 0.5) is 22.7 Å². The Morgan fingerprint density at radius 1 is 0.582 bits per heavy atom. The molecule has 0 aliphatic heterocycles. The minimum absolute atomic E-state index is 0.00898. The SMILES string of the molecule is C=CCOC(=O)c1ccc(NC(=O)c2ccc(NC(=O)c3ccc(NC(=O)[C@H](CC(N)=O)NC(=O)c4ccc(NC(=O)C(C)Oc5ccccc5)cc4)cc3)c(OC(C)C)c2OCC=C)cc1. The van der Waals surface area contributed by atoms with Gasteiger partial charge in [-0.2, -0.15) is 0 Å².